The van der Waals surface area contributed by atoms with Gasteiger partial charge in [-0.05, 0) is 42.5 Å². The molecule has 1 aromatic carbocycles. The zero-order chi connectivity index (χ0) is 24.0. The van der Waals surface area contributed by atoms with Gasteiger partial charge >= 0.3 is 0 Å². The Kier molecular flexibility index (Phi) is 5.10. The second kappa shape index (κ2) is 8.12. The molecule has 0 spiro atoms. The van der Waals surface area contributed by atoms with Crippen LogP contribution in [0.25, 0.3) is 28.0 Å². The zero-order valence-electron chi connectivity index (χ0n) is 17.7. The van der Waals surface area contributed by atoms with Gasteiger partial charge in [0.05, 0.1) is 11.3 Å². The van der Waals surface area contributed by atoms with Gasteiger partial charge in [0, 0.05) is 36.6 Å². The van der Waals surface area contributed by atoms with E-state index in [0.717, 1.165) is 0 Å². The molecule has 0 bridgehead atoms. The second-order valence-electron chi connectivity index (χ2n) is 7.55. The van der Waals surface area contributed by atoms with Crippen LogP contribution in [0.4, 0.5) is 14.7 Å². The molecule has 0 radical (unpaired) electrons. The van der Waals surface area contributed by atoms with Crippen molar-refractivity contribution in [2.24, 2.45) is 7.05 Å². The van der Waals surface area contributed by atoms with Crippen LogP contribution in [0.1, 0.15) is 17.6 Å². The van der Waals surface area contributed by atoms with Crippen LogP contribution in [0, 0.1) is 11.6 Å². The number of rotatable bonds is 4. The molecule has 5 aromatic rings. The quantitative estimate of drug-likeness (QED) is 0.421. The fraction of sp³-hybridized carbons (Fsp3) is 0.0870. The molecule has 1 atom stereocenters. The first-order valence-corrected chi connectivity index (χ1v) is 10.1. The number of aryl methyl sites for hydroxylation is 1. The number of aliphatic hydroxyl groups is 1. The molecule has 5 rings (SSSR count). The number of aromatic nitrogens is 6. The fourth-order valence-corrected chi connectivity index (χ4v) is 3.63. The maximum absolute atomic E-state index is 14.2. The molecule has 0 aliphatic carbocycles. The van der Waals surface area contributed by atoms with E-state index in [1.165, 1.54) is 57.7 Å². The highest BCUT2D eigenvalue weighted by Gasteiger charge is 2.25. The van der Waals surface area contributed by atoms with Crippen molar-refractivity contribution in [3.05, 3.63) is 94.4 Å². The Balaban J connectivity index is 1.80. The summed E-state index contributed by atoms with van der Waals surface area (Å²) in [5.41, 5.74) is 7.78. The van der Waals surface area contributed by atoms with Crippen LogP contribution in [0.2, 0.25) is 0 Å². The Hall–Kier alpha value is -4.51. The highest BCUT2D eigenvalue weighted by molar-refractivity contribution is 5.90. The molecular weight excluding hydrogens is 444 g/mol. The number of hydrogen-bond donors (Lipinski definition) is 2. The molecule has 11 heteroatoms. The number of benzene rings is 1. The maximum Gasteiger partial charge on any atom is 0.250 e. The molecule has 0 fully saturated rings. The van der Waals surface area contributed by atoms with Crippen molar-refractivity contribution < 1.29 is 13.9 Å². The lowest BCUT2D eigenvalue weighted by Crippen LogP contribution is -2.14. The predicted octanol–water partition coefficient (Wildman–Crippen LogP) is 2.49. The van der Waals surface area contributed by atoms with E-state index in [2.05, 4.69) is 20.1 Å². The molecule has 0 aliphatic rings. The van der Waals surface area contributed by atoms with Crippen molar-refractivity contribution in [3.8, 4) is 22.4 Å². The summed E-state index contributed by atoms with van der Waals surface area (Å²) in [5.74, 6) is -1.35. The summed E-state index contributed by atoms with van der Waals surface area (Å²) in [4.78, 5) is 24.7. The van der Waals surface area contributed by atoms with Gasteiger partial charge in [-0.15, -0.1) is 5.10 Å². The Morgan fingerprint density at radius 1 is 1.03 bits per heavy atom. The van der Waals surface area contributed by atoms with Gasteiger partial charge in [-0.2, -0.15) is 4.52 Å². The van der Waals surface area contributed by atoms with E-state index in [4.69, 9.17) is 5.73 Å². The number of nitrogens with two attached hydrogens (primary N) is 1. The molecule has 4 heterocycles. The van der Waals surface area contributed by atoms with Gasteiger partial charge in [-0.3, -0.25) is 9.78 Å². The Morgan fingerprint density at radius 2 is 1.76 bits per heavy atom. The van der Waals surface area contributed by atoms with Gasteiger partial charge in [-0.1, -0.05) is 0 Å². The standard InChI is InChI=1S/C23H17F2N7O2/c1-31-11-13(6-9-16(31)33)17-18(12-4-7-14(24)8-5-12)28-23(26)32-22(17)29-21(30-32)20(34)19-15(25)3-2-10-27-19/h2-11,20,34H,1H3,(H2,26,28)/t20-/m0/s1. The second-order valence-corrected chi connectivity index (χ2v) is 7.55. The molecule has 0 unspecified atom stereocenters. The Bertz CT molecular complexity index is 1600. The smallest absolute Gasteiger partial charge is 0.250 e. The van der Waals surface area contributed by atoms with Gasteiger partial charge in [0.25, 0.3) is 0 Å². The van der Waals surface area contributed by atoms with E-state index >= 15 is 0 Å². The maximum atomic E-state index is 14.2. The number of pyridine rings is 2. The summed E-state index contributed by atoms with van der Waals surface area (Å²) in [5, 5.41) is 15.0. The Morgan fingerprint density at radius 3 is 2.47 bits per heavy atom. The van der Waals surface area contributed by atoms with Crippen LogP contribution >= 0.6 is 0 Å². The monoisotopic (exact) mass is 461 g/mol. The first-order chi connectivity index (χ1) is 16.3. The number of nitrogen functional groups attached to an aromatic ring is 1. The first kappa shape index (κ1) is 21.3. The third-order valence-corrected chi connectivity index (χ3v) is 5.31. The van der Waals surface area contributed by atoms with E-state index in [-0.39, 0.29) is 28.7 Å². The van der Waals surface area contributed by atoms with Crippen LogP contribution < -0.4 is 11.3 Å². The van der Waals surface area contributed by atoms with Crippen LogP contribution in [-0.4, -0.2) is 34.2 Å². The minimum absolute atomic E-state index is 0.0599. The average Bonchev–Trinajstić information content (AvgIpc) is 3.27. The Labute approximate surface area is 190 Å². The number of halogens is 2. The number of nitrogens with zero attached hydrogens (tertiary/aromatic N) is 6. The predicted molar refractivity (Wildman–Crippen MR) is 120 cm³/mol. The van der Waals surface area contributed by atoms with Crippen LogP contribution in [0.3, 0.4) is 0 Å². The SMILES string of the molecule is Cn1cc(-c2c(-c3ccc(F)cc3)nc(N)n3nc([C@@H](O)c4ncccc4F)nc23)ccc1=O. The summed E-state index contributed by atoms with van der Waals surface area (Å²) < 4.78 is 30.4. The van der Waals surface area contributed by atoms with E-state index in [1.54, 1.807) is 19.3 Å². The molecule has 9 nitrogen and oxygen atoms in total. The highest BCUT2D eigenvalue weighted by atomic mass is 19.1. The summed E-state index contributed by atoms with van der Waals surface area (Å²) in [7, 11) is 1.59. The molecular formula is C23H17F2N7O2. The summed E-state index contributed by atoms with van der Waals surface area (Å²) in [6.07, 6.45) is 1.37. The molecule has 0 saturated heterocycles. The minimum atomic E-state index is -1.57. The third kappa shape index (κ3) is 3.57. The van der Waals surface area contributed by atoms with E-state index in [0.29, 0.717) is 22.4 Å². The summed E-state index contributed by atoms with van der Waals surface area (Å²) >= 11 is 0. The zero-order valence-corrected chi connectivity index (χ0v) is 17.7. The largest absolute Gasteiger partial charge is 0.378 e. The highest BCUT2D eigenvalue weighted by Crippen LogP contribution is 2.35. The normalized spacial score (nSPS) is 12.2. The van der Waals surface area contributed by atoms with Crippen LogP contribution in [0.15, 0.2) is 65.7 Å². The van der Waals surface area contributed by atoms with E-state index in [1.807, 2.05) is 0 Å². The van der Waals surface area contributed by atoms with Crippen molar-refractivity contribution in [2.45, 2.75) is 6.10 Å². The summed E-state index contributed by atoms with van der Waals surface area (Å²) in [6, 6.07) is 11.2. The van der Waals surface area contributed by atoms with Gasteiger partial charge in [0.1, 0.15) is 17.3 Å². The lowest BCUT2D eigenvalue weighted by molar-refractivity contribution is 0.199. The summed E-state index contributed by atoms with van der Waals surface area (Å²) in [6.45, 7) is 0. The van der Waals surface area contributed by atoms with Gasteiger partial charge in [0.2, 0.25) is 11.5 Å². The van der Waals surface area contributed by atoms with E-state index in [9.17, 15) is 18.7 Å². The van der Waals surface area contributed by atoms with Gasteiger partial charge in [-0.25, -0.2) is 18.7 Å². The first-order valence-electron chi connectivity index (χ1n) is 10.1. The lowest BCUT2D eigenvalue weighted by atomic mass is 10.0. The van der Waals surface area contributed by atoms with Crippen LogP contribution in [-0.2, 0) is 7.05 Å². The van der Waals surface area contributed by atoms with Crippen molar-refractivity contribution in [1.82, 2.24) is 29.1 Å². The molecule has 4 aromatic heterocycles. The number of anilines is 1. The number of fused-ring (bicyclic) bond motifs is 1. The van der Waals surface area contributed by atoms with Crippen molar-refractivity contribution >= 4 is 11.6 Å². The van der Waals surface area contributed by atoms with Crippen LogP contribution in [0.5, 0.6) is 0 Å². The van der Waals surface area contributed by atoms with Crippen molar-refractivity contribution in [1.29, 1.82) is 0 Å². The molecule has 3 N–H and O–H groups in total. The lowest BCUT2D eigenvalue weighted by Gasteiger charge is -2.12. The topological polar surface area (TPSA) is 124 Å². The van der Waals surface area contributed by atoms with Gasteiger partial charge in [0.15, 0.2) is 17.6 Å². The third-order valence-electron chi connectivity index (χ3n) is 5.31. The van der Waals surface area contributed by atoms with Gasteiger partial charge < -0.3 is 15.4 Å². The van der Waals surface area contributed by atoms with Crippen molar-refractivity contribution in [3.63, 3.8) is 0 Å². The fourth-order valence-electron chi connectivity index (χ4n) is 3.63. The van der Waals surface area contributed by atoms with E-state index < -0.39 is 17.7 Å². The van der Waals surface area contributed by atoms with Crippen molar-refractivity contribution in [2.75, 3.05) is 5.73 Å². The molecule has 0 saturated carbocycles. The number of aliphatic hydroxyl groups excluding tert-OH is 1. The average molecular weight is 461 g/mol. The molecule has 0 aliphatic heterocycles. The molecule has 170 valence electrons. The molecule has 34 heavy (non-hydrogen) atoms. The number of hydrogen-bond acceptors (Lipinski definition) is 7. The molecule has 0 amide bonds. The minimum Gasteiger partial charge on any atom is -0.378 e.